The summed E-state index contributed by atoms with van der Waals surface area (Å²) < 4.78 is 26.9. The minimum Gasteiger partial charge on any atom is -0.506 e. The Balaban J connectivity index is 1.79. The fraction of sp³-hybridized carbons (Fsp3) is 0.370. The van der Waals surface area contributed by atoms with E-state index in [0.717, 1.165) is 6.42 Å². The zero-order chi connectivity index (χ0) is 26.7. The zero-order valence-electron chi connectivity index (χ0n) is 21.0. The Labute approximate surface area is 219 Å². The first-order valence-corrected chi connectivity index (χ1v) is 12.5. The molecule has 1 aliphatic heterocycles. The molecule has 1 atom stereocenters. The number of pyridine rings is 2. The lowest BCUT2D eigenvalue weighted by molar-refractivity contribution is 0.0785. The number of carbonyl (C=O) groups is 1. The summed E-state index contributed by atoms with van der Waals surface area (Å²) in [5.41, 5.74) is -0.0399. The number of carbonyl (C=O) groups excluding carboxylic acids is 1. The van der Waals surface area contributed by atoms with Gasteiger partial charge in [-0.2, -0.15) is 0 Å². The van der Waals surface area contributed by atoms with Gasteiger partial charge in [0.2, 0.25) is 0 Å². The van der Waals surface area contributed by atoms with E-state index in [4.69, 9.17) is 21.1 Å². The topological polar surface area (TPSA) is 93.9 Å². The number of methoxy groups -OCH3 is 2. The van der Waals surface area contributed by atoms with Crippen LogP contribution in [-0.4, -0.2) is 52.8 Å². The van der Waals surface area contributed by atoms with Crippen molar-refractivity contribution in [3.8, 4) is 28.4 Å². The lowest BCUT2D eigenvalue weighted by Crippen LogP contribution is -2.35. The molecule has 1 aliphatic rings. The number of unbranched alkanes of at least 4 members (excludes halogenated alkanes) is 1. The summed E-state index contributed by atoms with van der Waals surface area (Å²) in [4.78, 5) is 32.7. The van der Waals surface area contributed by atoms with E-state index in [2.05, 4.69) is 4.98 Å². The number of hydrogen-bond acceptors (Lipinski definition) is 6. The van der Waals surface area contributed by atoms with Crippen molar-refractivity contribution in [2.45, 2.75) is 38.6 Å². The first kappa shape index (κ1) is 26.5. The molecule has 1 unspecified atom stereocenters. The van der Waals surface area contributed by atoms with Crippen LogP contribution in [0.3, 0.4) is 0 Å². The molecule has 0 radical (unpaired) electrons. The highest BCUT2D eigenvalue weighted by molar-refractivity contribution is 6.30. The van der Waals surface area contributed by atoms with Crippen LogP contribution in [0.5, 0.6) is 17.2 Å². The lowest BCUT2D eigenvalue weighted by atomic mass is 10.0. The number of aryl methyl sites for hydroxylation is 1. The van der Waals surface area contributed by atoms with E-state index in [-0.39, 0.29) is 40.9 Å². The molecule has 10 heteroatoms. The molecule has 0 saturated carbocycles. The van der Waals surface area contributed by atoms with Crippen molar-refractivity contribution < 1.29 is 23.8 Å². The molecular formula is C27H29ClFN3O5. The first-order chi connectivity index (χ1) is 17.8. The zero-order valence-corrected chi connectivity index (χ0v) is 21.7. The van der Waals surface area contributed by atoms with Crippen molar-refractivity contribution in [1.82, 2.24) is 14.5 Å². The normalized spacial score (nSPS) is 15.2. The van der Waals surface area contributed by atoms with Gasteiger partial charge in [-0.25, -0.2) is 4.39 Å². The molecule has 2 aromatic heterocycles. The van der Waals surface area contributed by atoms with Crippen molar-refractivity contribution in [2.24, 2.45) is 0 Å². The van der Waals surface area contributed by atoms with Gasteiger partial charge in [-0.1, -0.05) is 31.0 Å². The minimum absolute atomic E-state index is 0.153. The highest BCUT2D eigenvalue weighted by Gasteiger charge is 2.34. The second kappa shape index (κ2) is 11.2. The summed E-state index contributed by atoms with van der Waals surface area (Å²) in [6.45, 7) is 2.79. The molecule has 0 aliphatic carbocycles. The lowest BCUT2D eigenvalue weighted by Gasteiger charge is -2.21. The second-order valence-electron chi connectivity index (χ2n) is 8.91. The molecule has 196 valence electrons. The van der Waals surface area contributed by atoms with Crippen LogP contribution < -0.4 is 15.0 Å². The molecule has 0 spiro atoms. The molecule has 1 N–H and O–H groups in total. The highest BCUT2D eigenvalue weighted by atomic mass is 35.5. The van der Waals surface area contributed by atoms with E-state index in [9.17, 15) is 19.1 Å². The molecule has 3 heterocycles. The number of amides is 1. The molecule has 1 aromatic carbocycles. The number of nitrogens with zero attached hydrogens (tertiary/aromatic N) is 3. The Morgan fingerprint density at radius 3 is 2.59 bits per heavy atom. The van der Waals surface area contributed by atoms with Crippen molar-refractivity contribution in [1.29, 1.82) is 0 Å². The number of aromatic hydroxyl groups is 1. The van der Waals surface area contributed by atoms with E-state index >= 15 is 0 Å². The Morgan fingerprint density at radius 1 is 1.27 bits per heavy atom. The summed E-state index contributed by atoms with van der Waals surface area (Å²) in [7, 11) is 2.98. The Hall–Kier alpha value is -3.59. The Bertz CT molecular complexity index is 1350. The largest absolute Gasteiger partial charge is 0.506 e. The summed E-state index contributed by atoms with van der Waals surface area (Å²) in [6, 6.07) is 6.35. The van der Waals surface area contributed by atoms with Gasteiger partial charge in [0.25, 0.3) is 11.5 Å². The van der Waals surface area contributed by atoms with Crippen LogP contribution in [0, 0.1) is 5.82 Å². The maximum Gasteiger partial charge on any atom is 0.267 e. The molecule has 0 bridgehead atoms. The molecule has 8 nitrogen and oxygen atoms in total. The number of benzene rings is 1. The average molecular weight is 530 g/mol. The molecule has 37 heavy (non-hydrogen) atoms. The maximum absolute atomic E-state index is 14.5. The third-order valence-electron chi connectivity index (χ3n) is 6.61. The van der Waals surface area contributed by atoms with Gasteiger partial charge in [-0.15, -0.1) is 0 Å². The number of ether oxygens (including phenoxy) is 2. The van der Waals surface area contributed by atoms with E-state index in [1.54, 1.807) is 18.2 Å². The van der Waals surface area contributed by atoms with Crippen LogP contribution in [0.2, 0.25) is 5.02 Å². The van der Waals surface area contributed by atoms with Gasteiger partial charge in [-0.3, -0.25) is 14.6 Å². The van der Waals surface area contributed by atoms with Gasteiger partial charge in [-0.05, 0) is 31.0 Å². The monoisotopic (exact) mass is 529 g/mol. The smallest absolute Gasteiger partial charge is 0.267 e. The van der Waals surface area contributed by atoms with Gasteiger partial charge >= 0.3 is 0 Å². The maximum atomic E-state index is 14.5. The molecule has 3 aromatic rings. The third kappa shape index (κ3) is 5.13. The van der Waals surface area contributed by atoms with Crippen molar-refractivity contribution in [2.75, 3.05) is 27.3 Å². The van der Waals surface area contributed by atoms with Gasteiger partial charge in [0.15, 0.2) is 0 Å². The minimum atomic E-state index is -0.625. The average Bonchev–Trinajstić information content (AvgIpc) is 3.38. The number of likely N-dealkylation sites (tertiary alicyclic amines) is 1. The summed E-state index contributed by atoms with van der Waals surface area (Å²) in [5, 5.41) is 11.5. The van der Waals surface area contributed by atoms with Gasteiger partial charge in [0.05, 0.1) is 30.5 Å². The third-order valence-corrected chi connectivity index (χ3v) is 6.82. The Kier molecular flexibility index (Phi) is 8.02. The van der Waals surface area contributed by atoms with E-state index in [0.29, 0.717) is 36.4 Å². The quantitative estimate of drug-likeness (QED) is 0.448. The molecular weight excluding hydrogens is 501 g/mol. The van der Waals surface area contributed by atoms with Crippen molar-refractivity contribution in [3.05, 3.63) is 69.1 Å². The number of hydrogen-bond donors (Lipinski definition) is 1. The van der Waals surface area contributed by atoms with Gasteiger partial charge in [0.1, 0.15) is 28.6 Å². The van der Waals surface area contributed by atoms with Crippen molar-refractivity contribution >= 4 is 17.5 Å². The van der Waals surface area contributed by atoms with Gasteiger partial charge < -0.3 is 24.0 Å². The first-order valence-electron chi connectivity index (χ1n) is 12.1. The molecule has 1 fully saturated rings. The summed E-state index contributed by atoms with van der Waals surface area (Å²) in [6.07, 6.45) is 4.89. The molecule has 1 saturated heterocycles. The summed E-state index contributed by atoms with van der Waals surface area (Å²) in [5.74, 6) is -1.14. The molecule has 4 rings (SSSR count). The van der Waals surface area contributed by atoms with E-state index in [1.165, 1.54) is 42.1 Å². The fourth-order valence-electron chi connectivity index (χ4n) is 4.69. The van der Waals surface area contributed by atoms with Crippen LogP contribution in [0.4, 0.5) is 4.39 Å². The summed E-state index contributed by atoms with van der Waals surface area (Å²) >= 11 is 5.83. The highest BCUT2D eigenvalue weighted by Crippen LogP contribution is 2.43. The predicted molar refractivity (Wildman–Crippen MR) is 138 cm³/mol. The Morgan fingerprint density at radius 2 is 1.97 bits per heavy atom. The van der Waals surface area contributed by atoms with Gasteiger partial charge in [0, 0.05) is 43.5 Å². The number of aromatic nitrogens is 2. The van der Waals surface area contributed by atoms with Crippen LogP contribution >= 0.6 is 11.6 Å². The van der Waals surface area contributed by atoms with Crippen molar-refractivity contribution in [3.63, 3.8) is 0 Å². The van der Waals surface area contributed by atoms with E-state index in [1.807, 2.05) is 6.92 Å². The molecule has 1 amide bonds. The second-order valence-corrected chi connectivity index (χ2v) is 9.35. The predicted octanol–water partition coefficient (Wildman–Crippen LogP) is 4.86. The van der Waals surface area contributed by atoms with E-state index < -0.39 is 23.0 Å². The fourth-order valence-corrected chi connectivity index (χ4v) is 4.84. The van der Waals surface area contributed by atoms with Crippen LogP contribution in [0.25, 0.3) is 11.1 Å². The standard InChI is InChI=1S/C27H29ClFN3O5/c1-4-5-10-31-15-18(22-20(36-2)7-6-8-21(22)37-3)25(33)23(26(31)34)27(35)32-11-9-16(14-32)24-19(29)12-17(28)13-30-24/h6-8,12-13,15-16,33H,4-5,9-11,14H2,1-3H3. The number of rotatable bonds is 8. The number of halogens is 2. The van der Waals surface area contributed by atoms with Crippen LogP contribution in [0.1, 0.15) is 48.2 Å². The van der Waals surface area contributed by atoms with Crippen LogP contribution in [-0.2, 0) is 6.54 Å². The SMILES string of the molecule is CCCCn1cc(-c2c(OC)cccc2OC)c(O)c(C(=O)N2CCC(c3ncc(Cl)cc3F)C2)c1=O. The van der Waals surface area contributed by atoms with Crippen LogP contribution in [0.15, 0.2) is 41.5 Å².